The van der Waals surface area contributed by atoms with Crippen LogP contribution < -0.4 is 17.0 Å². The molecule has 0 saturated heterocycles. The molecule has 0 spiro atoms. The molecule has 146 valence electrons. The van der Waals surface area contributed by atoms with Crippen LogP contribution in [0, 0.1) is 0 Å². The first-order valence-electron chi connectivity index (χ1n) is 7.08. The van der Waals surface area contributed by atoms with Gasteiger partial charge in [0, 0.05) is 7.11 Å². The topological polar surface area (TPSA) is 221 Å². The quantitative estimate of drug-likeness (QED) is 0.211. The summed E-state index contributed by atoms with van der Waals surface area (Å²) in [6.45, 7) is 0.576. The van der Waals surface area contributed by atoms with E-state index < -0.39 is 38.2 Å². The average Bonchev–Trinajstić information content (AvgIpc) is 2.94. The predicted molar refractivity (Wildman–Crippen MR) is 86.3 cm³/mol. The van der Waals surface area contributed by atoms with Gasteiger partial charge in [0.05, 0.1) is 6.33 Å². The van der Waals surface area contributed by atoms with E-state index in [2.05, 4.69) is 19.5 Å². The number of phosphoric ester groups is 1. The zero-order valence-corrected chi connectivity index (χ0v) is 14.7. The van der Waals surface area contributed by atoms with Crippen molar-refractivity contribution in [2.75, 3.05) is 19.5 Å². The number of aromatic amines is 1. The lowest BCUT2D eigenvalue weighted by Crippen LogP contribution is -2.55. The smallest absolute Gasteiger partial charge is 0.373 e. The van der Waals surface area contributed by atoms with Gasteiger partial charge in [0.2, 0.25) is 11.7 Å². The normalized spacial score (nSPS) is 17.2. The van der Waals surface area contributed by atoms with E-state index in [1.165, 1.54) is 17.8 Å². The number of nitrogens with zero attached hydrogens (tertiary/aromatic N) is 3. The Bertz CT molecular complexity index is 877. The van der Waals surface area contributed by atoms with Gasteiger partial charge >= 0.3 is 7.82 Å². The van der Waals surface area contributed by atoms with Crippen LogP contribution in [0.5, 0.6) is 0 Å². The molecule has 0 aliphatic carbocycles. The number of phosphoric acid groups is 1. The molecule has 0 saturated carbocycles. The summed E-state index contributed by atoms with van der Waals surface area (Å²) >= 11 is 0. The van der Waals surface area contributed by atoms with Gasteiger partial charge in [-0.1, -0.05) is 0 Å². The van der Waals surface area contributed by atoms with Gasteiger partial charge in [-0.25, -0.2) is 9.55 Å². The van der Waals surface area contributed by atoms with E-state index in [9.17, 15) is 14.5 Å². The van der Waals surface area contributed by atoms with Gasteiger partial charge in [0.1, 0.15) is 12.8 Å². The summed E-state index contributed by atoms with van der Waals surface area (Å²) in [5.74, 6) is -2.29. The van der Waals surface area contributed by atoms with Crippen LogP contribution in [0.1, 0.15) is 13.2 Å². The van der Waals surface area contributed by atoms with Gasteiger partial charge < -0.3 is 35.8 Å². The lowest BCUT2D eigenvalue weighted by atomic mass is 10.2. The van der Waals surface area contributed by atoms with Gasteiger partial charge in [-0.05, 0) is 6.92 Å². The van der Waals surface area contributed by atoms with E-state index in [4.69, 9.17) is 30.7 Å². The number of imidazole rings is 1. The number of hydrogen-bond acceptors (Lipinski definition) is 10. The lowest BCUT2D eigenvalue weighted by molar-refractivity contribution is -0.310. The maximum atomic E-state index is 11.8. The largest absolute Gasteiger partial charge is 0.469 e. The van der Waals surface area contributed by atoms with E-state index in [-0.39, 0.29) is 17.1 Å². The summed E-state index contributed by atoms with van der Waals surface area (Å²) in [5, 5.41) is 9.79. The first-order valence-corrected chi connectivity index (χ1v) is 8.61. The Morgan fingerprint density at radius 1 is 1.50 bits per heavy atom. The van der Waals surface area contributed by atoms with Crippen molar-refractivity contribution >= 4 is 24.9 Å². The zero-order valence-electron chi connectivity index (χ0n) is 13.8. The highest BCUT2D eigenvalue weighted by Gasteiger charge is 2.42. The number of anilines is 1. The number of aromatic nitrogens is 4. The monoisotopic (exact) mass is 394 g/mol. The SMILES string of the molecule is CO[C@](COP(=O)(O)O)(O[C@H](C)n1cnc2c(=O)[nH]c(N)nc21)[C@H](N)O. The van der Waals surface area contributed by atoms with E-state index in [0.29, 0.717) is 0 Å². The number of nitrogens with two attached hydrogens (primary N) is 2. The molecule has 2 rings (SSSR count). The molecule has 26 heavy (non-hydrogen) atoms. The van der Waals surface area contributed by atoms with E-state index >= 15 is 0 Å². The van der Waals surface area contributed by atoms with Crippen molar-refractivity contribution in [3.05, 3.63) is 16.7 Å². The Kier molecular flexibility index (Phi) is 5.79. The number of methoxy groups -OCH3 is 1. The molecule has 2 aromatic rings. The third-order valence-electron chi connectivity index (χ3n) is 3.44. The maximum absolute atomic E-state index is 11.8. The van der Waals surface area contributed by atoms with Crippen LogP contribution in [0.15, 0.2) is 11.1 Å². The number of fused-ring (bicyclic) bond motifs is 1. The van der Waals surface area contributed by atoms with Gasteiger partial charge in [-0.15, -0.1) is 0 Å². The molecule has 2 heterocycles. The van der Waals surface area contributed by atoms with Crippen molar-refractivity contribution in [3.8, 4) is 0 Å². The number of ether oxygens (including phenoxy) is 2. The molecule has 0 unspecified atom stereocenters. The summed E-state index contributed by atoms with van der Waals surface area (Å²) in [7, 11) is -3.79. The predicted octanol–water partition coefficient (Wildman–Crippen LogP) is -2.03. The second-order valence-corrected chi connectivity index (χ2v) is 6.46. The van der Waals surface area contributed by atoms with E-state index in [1.54, 1.807) is 0 Å². The minimum absolute atomic E-state index is 0.0163. The Morgan fingerprint density at radius 3 is 2.69 bits per heavy atom. The molecule has 3 atom stereocenters. The van der Waals surface area contributed by atoms with Crippen LogP contribution in [-0.2, 0) is 18.6 Å². The molecular formula is C11H19N6O8P. The van der Waals surface area contributed by atoms with Gasteiger partial charge in [-0.3, -0.25) is 18.9 Å². The fourth-order valence-corrected chi connectivity index (χ4v) is 2.49. The molecule has 0 amide bonds. The highest BCUT2D eigenvalue weighted by atomic mass is 31.2. The molecule has 0 bridgehead atoms. The van der Waals surface area contributed by atoms with Crippen molar-refractivity contribution in [2.24, 2.45) is 5.73 Å². The molecule has 0 aliphatic rings. The number of H-pyrrole nitrogens is 1. The summed E-state index contributed by atoms with van der Waals surface area (Å²) in [5.41, 5.74) is 10.4. The minimum atomic E-state index is -4.89. The van der Waals surface area contributed by atoms with Crippen LogP contribution in [-0.4, -0.2) is 60.1 Å². The van der Waals surface area contributed by atoms with Gasteiger partial charge in [0.15, 0.2) is 17.4 Å². The summed E-state index contributed by atoms with van der Waals surface area (Å²) in [4.78, 5) is 39.7. The first kappa shape index (κ1) is 20.4. The maximum Gasteiger partial charge on any atom is 0.469 e. The Balaban J connectivity index is 2.36. The third kappa shape index (κ3) is 4.25. The summed E-state index contributed by atoms with van der Waals surface area (Å²) in [6.07, 6.45) is -1.62. The number of rotatable bonds is 8. The number of nitrogen functional groups attached to an aromatic ring is 1. The zero-order chi connectivity index (χ0) is 19.7. The van der Waals surface area contributed by atoms with Crippen LogP contribution >= 0.6 is 7.82 Å². The fraction of sp³-hybridized carbons (Fsp3) is 0.545. The molecule has 2 aromatic heterocycles. The highest BCUT2D eigenvalue weighted by molar-refractivity contribution is 7.46. The van der Waals surface area contributed by atoms with Crippen molar-refractivity contribution in [2.45, 2.75) is 25.2 Å². The van der Waals surface area contributed by atoms with Crippen LogP contribution in [0.4, 0.5) is 5.95 Å². The van der Waals surface area contributed by atoms with Crippen molar-refractivity contribution in [1.29, 1.82) is 0 Å². The Labute approximate surface area is 145 Å². The molecule has 0 aromatic carbocycles. The van der Waals surface area contributed by atoms with Crippen LogP contribution in [0.3, 0.4) is 0 Å². The van der Waals surface area contributed by atoms with Gasteiger partial charge in [-0.2, -0.15) is 4.98 Å². The number of hydrogen-bond donors (Lipinski definition) is 6. The summed E-state index contributed by atoms with van der Waals surface area (Å²) in [6, 6.07) is 0. The molecule has 0 aliphatic heterocycles. The van der Waals surface area contributed by atoms with E-state index in [0.717, 1.165) is 7.11 Å². The Hall–Kier alpha value is -1.90. The molecular weight excluding hydrogens is 375 g/mol. The second-order valence-electron chi connectivity index (χ2n) is 5.22. The lowest BCUT2D eigenvalue weighted by Gasteiger charge is -2.36. The van der Waals surface area contributed by atoms with Crippen molar-refractivity contribution < 1.29 is 33.5 Å². The van der Waals surface area contributed by atoms with Crippen LogP contribution in [0.25, 0.3) is 11.2 Å². The fourth-order valence-electron chi connectivity index (χ4n) is 2.15. The van der Waals surface area contributed by atoms with Crippen molar-refractivity contribution in [3.63, 3.8) is 0 Å². The first-order chi connectivity index (χ1) is 12.0. The molecule has 8 N–H and O–H groups in total. The van der Waals surface area contributed by atoms with Crippen LogP contribution in [0.2, 0.25) is 0 Å². The standard InChI is InChI=1S/C11H19N6O8P/c1-5(17-4-14-6-7(17)15-10(13)16-8(6)18)25-11(23-2,9(12)19)3-24-26(20,21)22/h4-5,9,19H,3,12H2,1-2H3,(H2,20,21,22)(H3,13,15,16,18)/t5-,9-,11-/m1/s1. The molecule has 0 radical (unpaired) electrons. The minimum Gasteiger partial charge on any atom is -0.373 e. The van der Waals surface area contributed by atoms with E-state index in [1.807, 2.05) is 0 Å². The number of aliphatic hydroxyl groups excluding tert-OH is 1. The number of nitrogens with one attached hydrogen (secondary N) is 1. The Morgan fingerprint density at radius 2 is 2.15 bits per heavy atom. The molecule has 14 nitrogen and oxygen atoms in total. The average molecular weight is 394 g/mol. The van der Waals surface area contributed by atoms with Gasteiger partial charge in [0.25, 0.3) is 5.56 Å². The molecule has 0 fully saturated rings. The third-order valence-corrected chi connectivity index (χ3v) is 3.91. The highest BCUT2D eigenvalue weighted by Crippen LogP contribution is 2.38. The molecule has 15 heteroatoms. The number of aliphatic hydroxyl groups is 1. The van der Waals surface area contributed by atoms with Crippen molar-refractivity contribution in [1.82, 2.24) is 19.5 Å². The summed E-state index contributed by atoms with van der Waals surface area (Å²) < 4.78 is 27.1. The second kappa shape index (κ2) is 7.38.